The zero-order valence-corrected chi connectivity index (χ0v) is 9.49. The van der Waals surface area contributed by atoms with E-state index in [4.69, 9.17) is 10.4 Å². The summed E-state index contributed by atoms with van der Waals surface area (Å²) >= 11 is 0. The van der Waals surface area contributed by atoms with Crippen molar-refractivity contribution in [1.82, 2.24) is 5.32 Å². The number of rotatable bonds is 7. The third-order valence-electron chi connectivity index (χ3n) is 2.15. The number of amides is 1. The molecule has 0 saturated heterocycles. The number of aliphatic hydroxyl groups is 1. The molecule has 86 valence electrons. The zero-order valence-electron chi connectivity index (χ0n) is 9.49. The first-order valence-electron chi connectivity index (χ1n) is 5.47. The molecule has 4 nitrogen and oxygen atoms in total. The summed E-state index contributed by atoms with van der Waals surface area (Å²) < 4.78 is 0. The number of hydrogen-bond acceptors (Lipinski definition) is 3. The first kappa shape index (κ1) is 13.9. The van der Waals surface area contributed by atoms with Crippen molar-refractivity contribution >= 4 is 5.91 Å². The van der Waals surface area contributed by atoms with Crippen molar-refractivity contribution < 1.29 is 9.90 Å². The molecular formula is C11H20N2O2. The fraction of sp³-hybridized carbons (Fsp3) is 0.818. The molecule has 0 radical (unpaired) electrons. The summed E-state index contributed by atoms with van der Waals surface area (Å²) in [5.74, 6) is -0.716. The highest BCUT2D eigenvalue weighted by Crippen LogP contribution is 2.04. The van der Waals surface area contributed by atoms with Gasteiger partial charge in [0.1, 0.15) is 5.92 Å². The van der Waals surface area contributed by atoms with Gasteiger partial charge in [-0.05, 0) is 26.2 Å². The highest BCUT2D eigenvalue weighted by Gasteiger charge is 2.15. The predicted molar refractivity (Wildman–Crippen MR) is 57.9 cm³/mol. The van der Waals surface area contributed by atoms with Crippen molar-refractivity contribution in [3.63, 3.8) is 0 Å². The van der Waals surface area contributed by atoms with Gasteiger partial charge in [-0.25, -0.2) is 0 Å². The second kappa shape index (κ2) is 8.25. The maximum Gasteiger partial charge on any atom is 0.237 e. The molecule has 0 aromatic carbocycles. The summed E-state index contributed by atoms with van der Waals surface area (Å²) in [6, 6.07) is 1.99. The summed E-state index contributed by atoms with van der Waals surface area (Å²) in [6.45, 7) is 4.20. The number of aliphatic hydroxyl groups excluding tert-OH is 1. The van der Waals surface area contributed by atoms with Crippen LogP contribution in [0.4, 0.5) is 0 Å². The molecule has 0 rings (SSSR count). The number of carbonyl (C=O) groups is 1. The van der Waals surface area contributed by atoms with Gasteiger partial charge in [-0.3, -0.25) is 4.79 Å². The zero-order chi connectivity index (χ0) is 11.7. The average Bonchev–Trinajstić information content (AvgIpc) is 2.20. The predicted octanol–water partition coefficient (Wildman–Crippen LogP) is 1.20. The van der Waals surface area contributed by atoms with Crippen LogP contribution in [-0.2, 0) is 4.79 Å². The molecule has 2 atom stereocenters. The quantitative estimate of drug-likeness (QED) is 0.623. The SMILES string of the molecule is CCCC(C#N)C(=O)NCCCC(C)O. The number of carbonyl (C=O) groups excluding carboxylic acids is 1. The Labute approximate surface area is 91.3 Å². The number of hydrogen-bond donors (Lipinski definition) is 2. The molecule has 0 bridgehead atoms. The largest absolute Gasteiger partial charge is 0.393 e. The van der Waals surface area contributed by atoms with Crippen LogP contribution in [0.2, 0.25) is 0 Å². The Hall–Kier alpha value is -1.08. The van der Waals surface area contributed by atoms with Gasteiger partial charge in [0.15, 0.2) is 0 Å². The Morgan fingerprint density at radius 1 is 1.53 bits per heavy atom. The Morgan fingerprint density at radius 3 is 2.67 bits per heavy atom. The molecule has 0 spiro atoms. The number of nitrogens with one attached hydrogen (secondary N) is 1. The maximum absolute atomic E-state index is 11.4. The highest BCUT2D eigenvalue weighted by molar-refractivity contribution is 5.80. The molecule has 0 aliphatic heterocycles. The summed E-state index contributed by atoms with van der Waals surface area (Å²) in [7, 11) is 0. The number of nitriles is 1. The van der Waals surface area contributed by atoms with Crippen molar-refractivity contribution in [3.8, 4) is 6.07 Å². The molecule has 15 heavy (non-hydrogen) atoms. The van der Waals surface area contributed by atoms with Crippen LogP contribution in [0.3, 0.4) is 0 Å². The topological polar surface area (TPSA) is 73.1 Å². The normalized spacial score (nSPS) is 14.0. The van der Waals surface area contributed by atoms with Gasteiger partial charge in [-0.15, -0.1) is 0 Å². The fourth-order valence-electron chi connectivity index (χ4n) is 1.28. The lowest BCUT2D eigenvalue weighted by Gasteiger charge is -2.09. The summed E-state index contributed by atoms with van der Waals surface area (Å²) in [6.07, 6.45) is 2.53. The molecule has 0 saturated carbocycles. The van der Waals surface area contributed by atoms with Crippen LogP contribution in [0.15, 0.2) is 0 Å². The first-order valence-corrected chi connectivity index (χ1v) is 5.47. The van der Waals surface area contributed by atoms with Crippen molar-refractivity contribution in [3.05, 3.63) is 0 Å². The highest BCUT2D eigenvalue weighted by atomic mass is 16.3. The standard InChI is InChI=1S/C11H20N2O2/c1-3-5-10(8-12)11(15)13-7-4-6-9(2)14/h9-10,14H,3-7H2,1-2H3,(H,13,15). The summed E-state index contributed by atoms with van der Waals surface area (Å²) in [4.78, 5) is 11.4. The molecule has 1 amide bonds. The fourth-order valence-corrected chi connectivity index (χ4v) is 1.28. The van der Waals surface area contributed by atoms with E-state index in [9.17, 15) is 4.79 Å². The Bertz CT molecular complexity index is 221. The minimum Gasteiger partial charge on any atom is -0.393 e. The van der Waals surface area contributed by atoms with E-state index in [1.54, 1.807) is 6.92 Å². The Balaban J connectivity index is 3.68. The minimum atomic E-state index is -0.526. The molecule has 2 N–H and O–H groups in total. The van der Waals surface area contributed by atoms with Crippen LogP contribution in [0.5, 0.6) is 0 Å². The molecular weight excluding hydrogens is 192 g/mol. The molecule has 0 heterocycles. The summed E-state index contributed by atoms with van der Waals surface area (Å²) in [5.41, 5.74) is 0. The lowest BCUT2D eigenvalue weighted by atomic mass is 10.0. The monoisotopic (exact) mass is 212 g/mol. The lowest BCUT2D eigenvalue weighted by Crippen LogP contribution is -2.31. The molecule has 0 aliphatic carbocycles. The smallest absolute Gasteiger partial charge is 0.237 e. The molecule has 2 unspecified atom stereocenters. The molecule has 0 aromatic rings. The van der Waals surface area contributed by atoms with E-state index < -0.39 is 5.92 Å². The van der Waals surface area contributed by atoms with Crippen molar-refractivity contribution in [2.24, 2.45) is 5.92 Å². The van der Waals surface area contributed by atoms with Gasteiger partial charge in [-0.2, -0.15) is 5.26 Å². The van der Waals surface area contributed by atoms with Gasteiger partial charge >= 0.3 is 0 Å². The second-order valence-electron chi connectivity index (χ2n) is 3.75. The van der Waals surface area contributed by atoms with Gasteiger partial charge in [-0.1, -0.05) is 13.3 Å². The van der Waals surface area contributed by atoms with Gasteiger partial charge in [0.05, 0.1) is 12.2 Å². The van der Waals surface area contributed by atoms with E-state index in [1.807, 2.05) is 13.0 Å². The van der Waals surface area contributed by atoms with Crippen molar-refractivity contribution in [2.45, 2.75) is 45.6 Å². The third-order valence-corrected chi connectivity index (χ3v) is 2.15. The van der Waals surface area contributed by atoms with Crippen LogP contribution in [0.1, 0.15) is 39.5 Å². The number of nitrogens with zero attached hydrogens (tertiary/aromatic N) is 1. The van der Waals surface area contributed by atoms with Crippen LogP contribution in [0.25, 0.3) is 0 Å². The van der Waals surface area contributed by atoms with Crippen LogP contribution >= 0.6 is 0 Å². The van der Waals surface area contributed by atoms with Gasteiger partial charge in [0.2, 0.25) is 5.91 Å². The Kier molecular flexibility index (Phi) is 7.65. The van der Waals surface area contributed by atoms with E-state index in [0.717, 1.165) is 12.8 Å². The Morgan fingerprint density at radius 2 is 2.20 bits per heavy atom. The van der Waals surface area contributed by atoms with E-state index in [2.05, 4.69) is 5.32 Å². The maximum atomic E-state index is 11.4. The van der Waals surface area contributed by atoms with E-state index in [1.165, 1.54) is 0 Å². The molecule has 0 aliphatic rings. The third kappa shape index (κ3) is 6.92. The minimum absolute atomic E-state index is 0.190. The van der Waals surface area contributed by atoms with E-state index in [0.29, 0.717) is 19.4 Å². The first-order chi connectivity index (χ1) is 7.11. The lowest BCUT2D eigenvalue weighted by molar-refractivity contribution is -0.123. The van der Waals surface area contributed by atoms with Gasteiger partial charge in [0.25, 0.3) is 0 Å². The summed E-state index contributed by atoms with van der Waals surface area (Å²) in [5, 5.41) is 20.4. The molecule has 0 fully saturated rings. The molecule has 0 aromatic heterocycles. The van der Waals surface area contributed by atoms with Gasteiger partial charge < -0.3 is 10.4 Å². The van der Waals surface area contributed by atoms with Crippen molar-refractivity contribution in [1.29, 1.82) is 5.26 Å². The van der Waals surface area contributed by atoms with Gasteiger partial charge in [0, 0.05) is 6.54 Å². The van der Waals surface area contributed by atoms with Crippen LogP contribution in [-0.4, -0.2) is 23.7 Å². The average molecular weight is 212 g/mol. The van der Waals surface area contributed by atoms with Crippen LogP contribution in [0, 0.1) is 17.2 Å². The van der Waals surface area contributed by atoms with E-state index >= 15 is 0 Å². The van der Waals surface area contributed by atoms with Crippen molar-refractivity contribution in [2.75, 3.05) is 6.54 Å². The molecule has 4 heteroatoms. The van der Waals surface area contributed by atoms with Crippen LogP contribution < -0.4 is 5.32 Å². The second-order valence-corrected chi connectivity index (χ2v) is 3.75. The van der Waals surface area contributed by atoms with E-state index in [-0.39, 0.29) is 12.0 Å².